The molecule has 0 bridgehead atoms. The van der Waals surface area contributed by atoms with Crippen LogP contribution < -0.4 is 4.74 Å². The fourth-order valence-corrected chi connectivity index (χ4v) is 1.51. The van der Waals surface area contributed by atoms with Gasteiger partial charge in [-0.3, -0.25) is 5.10 Å². The summed E-state index contributed by atoms with van der Waals surface area (Å²) in [6.07, 6.45) is 1.64. The van der Waals surface area contributed by atoms with Crippen molar-refractivity contribution in [2.24, 2.45) is 0 Å². The van der Waals surface area contributed by atoms with Crippen LogP contribution in [0.15, 0.2) is 24.3 Å². The zero-order chi connectivity index (χ0) is 11.4. The first-order valence-corrected chi connectivity index (χ1v) is 5.35. The van der Waals surface area contributed by atoms with Crippen LogP contribution in [0, 0.1) is 0 Å². The average molecular weight is 217 g/mol. The molecule has 16 heavy (non-hydrogen) atoms. The van der Waals surface area contributed by atoms with Gasteiger partial charge in [-0.2, -0.15) is 5.10 Å². The van der Waals surface area contributed by atoms with Crippen molar-refractivity contribution in [3.05, 3.63) is 41.5 Å². The molecular weight excluding hydrogens is 202 g/mol. The van der Waals surface area contributed by atoms with Gasteiger partial charge in [0.2, 0.25) is 0 Å². The number of nitrogens with one attached hydrogen (secondary N) is 1. The third-order valence-electron chi connectivity index (χ3n) is 2.42. The van der Waals surface area contributed by atoms with Gasteiger partial charge in [-0.25, -0.2) is 4.98 Å². The fourth-order valence-electron chi connectivity index (χ4n) is 1.51. The number of aryl methyl sites for hydroxylation is 1. The summed E-state index contributed by atoms with van der Waals surface area (Å²) in [6, 6.07) is 7.97. The minimum atomic E-state index is 0.775. The fraction of sp³-hybridized carbons (Fsp3) is 0.333. The molecule has 1 N–H and O–H groups in total. The summed E-state index contributed by atoms with van der Waals surface area (Å²) >= 11 is 0. The zero-order valence-electron chi connectivity index (χ0n) is 9.53. The first-order chi connectivity index (χ1) is 7.81. The van der Waals surface area contributed by atoms with Gasteiger partial charge in [-0.05, 0) is 17.7 Å². The Morgan fingerprint density at radius 3 is 2.56 bits per heavy atom. The molecule has 0 fully saturated rings. The smallest absolute Gasteiger partial charge is 0.150 e. The number of nitrogens with zero attached hydrogens (tertiary/aromatic N) is 2. The number of aromatic nitrogens is 3. The third-order valence-corrected chi connectivity index (χ3v) is 2.42. The highest BCUT2D eigenvalue weighted by Crippen LogP contribution is 2.13. The van der Waals surface area contributed by atoms with Crippen molar-refractivity contribution in [2.45, 2.75) is 19.8 Å². The number of rotatable bonds is 4. The molecule has 2 rings (SSSR count). The number of aromatic amines is 1. The molecule has 2 aromatic rings. The molecule has 0 amide bonds. The molecule has 0 radical (unpaired) electrons. The van der Waals surface area contributed by atoms with Crippen LogP contribution in [0.25, 0.3) is 0 Å². The Morgan fingerprint density at radius 2 is 2.00 bits per heavy atom. The summed E-state index contributed by atoms with van der Waals surface area (Å²) in [6.45, 7) is 2.04. The largest absolute Gasteiger partial charge is 0.497 e. The van der Waals surface area contributed by atoms with Gasteiger partial charge in [0, 0.05) is 12.8 Å². The number of hydrogen-bond acceptors (Lipinski definition) is 3. The van der Waals surface area contributed by atoms with Gasteiger partial charge in [-0.15, -0.1) is 0 Å². The van der Waals surface area contributed by atoms with Crippen LogP contribution in [0.4, 0.5) is 0 Å². The maximum atomic E-state index is 5.11. The number of methoxy groups -OCH3 is 1. The molecule has 4 heteroatoms. The summed E-state index contributed by atoms with van der Waals surface area (Å²) in [7, 11) is 1.67. The minimum absolute atomic E-state index is 0.775. The van der Waals surface area contributed by atoms with E-state index < -0.39 is 0 Å². The molecule has 1 aromatic heterocycles. The molecule has 0 unspecified atom stereocenters. The highest BCUT2D eigenvalue weighted by atomic mass is 16.5. The number of benzene rings is 1. The van der Waals surface area contributed by atoms with Crippen LogP contribution in [0.5, 0.6) is 5.75 Å². The molecule has 84 valence electrons. The van der Waals surface area contributed by atoms with E-state index in [1.165, 1.54) is 5.56 Å². The zero-order valence-corrected chi connectivity index (χ0v) is 9.53. The van der Waals surface area contributed by atoms with Crippen LogP contribution in [0.3, 0.4) is 0 Å². The van der Waals surface area contributed by atoms with Crippen LogP contribution in [0.1, 0.15) is 24.1 Å². The van der Waals surface area contributed by atoms with Crippen molar-refractivity contribution < 1.29 is 4.74 Å². The Kier molecular flexibility index (Phi) is 3.19. The van der Waals surface area contributed by atoms with E-state index in [0.717, 1.165) is 30.2 Å². The molecule has 0 aliphatic carbocycles. The van der Waals surface area contributed by atoms with Gasteiger partial charge in [-0.1, -0.05) is 19.1 Å². The highest BCUT2D eigenvalue weighted by molar-refractivity contribution is 5.28. The standard InChI is InChI=1S/C12H15N3O/c1-3-11-13-12(15-14-11)8-9-4-6-10(16-2)7-5-9/h4-7H,3,8H2,1-2H3,(H,13,14,15). The maximum absolute atomic E-state index is 5.11. The summed E-state index contributed by atoms with van der Waals surface area (Å²) in [5, 5.41) is 7.05. The Morgan fingerprint density at radius 1 is 1.25 bits per heavy atom. The SMILES string of the molecule is CCc1n[nH]c(Cc2ccc(OC)cc2)n1. The summed E-state index contributed by atoms with van der Waals surface area (Å²) in [4.78, 5) is 4.37. The van der Waals surface area contributed by atoms with Crippen molar-refractivity contribution in [2.75, 3.05) is 7.11 Å². The summed E-state index contributed by atoms with van der Waals surface area (Å²) in [5.74, 6) is 2.64. The van der Waals surface area contributed by atoms with Crippen LogP contribution in [-0.4, -0.2) is 22.3 Å². The Balaban J connectivity index is 2.08. The summed E-state index contributed by atoms with van der Waals surface area (Å²) < 4.78 is 5.11. The lowest BCUT2D eigenvalue weighted by atomic mass is 10.1. The molecule has 4 nitrogen and oxygen atoms in total. The molecule has 0 aliphatic rings. The Labute approximate surface area is 94.7 Å². The first kappa shape index (κ1) is 10.7. The second kappa shape index (κ2) is 4.79. The van der Waals surface area contributed by atoms with Gasteiger partial charge in [0.15, 0.2) is 0 Å². The number of ether oxygens (including phenoxy) is 1. The van der Waals surface area contributed by atoms with Crippen molar-refractivity contribution in [3.63, 3.8) is 0 Å². The van der Waals surface area contributed by atoms with Crippen LogP contribution >= 0.6 is 0 Å². The van der Waals surface area contributed by atoms with Crippen molar-refractivity contribution in [3.8, 4) is 5.75 Å². The quantitative estimate of drug-likeness (QED) is 0.851. The first-order valence-electron chi connectivity index (χ1n) is 5.35. The molecule has 0 saturated carbocycles. The lowest BCUT2D eigenvalue weighted by Gasteiger charge is -2.01. The maximum Gasteiger partial charge on any atom is 0.150 e. The lowest BCUT2D eigenvalue weighted by molar-refractivity contribution is 0.414. The molecule has 0 atom stereocenters. The van der Waals surface area contributed by atoms with E-state index >= 15 is 0 Å². The van der Waals surface area contributed by atoms with Crippen molar-refractivity contribution in [1.82, 2.24) is 15.2 Å². The highest BCUT2D eigenvalue weighted by Gasteiger charge is 2.02. The molecule has 0 spiro atoms. The molecule has 1 heterocycles. The van der Waals surface area contributed by atoms with Gasteiger partial charge in [0.05, 0.1) is 7.11 Å². The van der Waals surface area contributed by atoms with Gasteiger partial charge in [0.25, 0.3) is 0 Å². The van der Waals surface area contributed by atoms with E-state index in [-0.39, 0.29) is 0 Å². The molecule has 0 saturated heterocycles. The Hall–Kier alpha value is -1.84. The van der Waals surface area contributed by atoms with Gasteiger partial charge < -0.3 is 4.74 Å². The minimum Gasteiger partial charge on any atom is -0.497 e. The summed E-state index contributed by atoms with van der Waals surface area (Å²) in [5.41, 5.74) is 1.19. The Bertz CT molecular complexity index is 448. The van der Waals surface area contributed by atoms with E-state index in [2.05, 4.69) is 15.2 Å². The van der Waals surface area contributed by atoms with Gasteiger partial charge >= 0.3 is 0 Å². The number of hydrogen-bond donors (Lipinski definition) is 1. The third kappa shape index (κ3) is 2.39. The molecular formula is C12H15N3O. The number of H-pyrrole nitrogens is 1. The normalized spacial score (nSPS) is 10.4. The monoisotopic (exact) mass is 217 g/mol. The average Bonchev–Trinajstić information content (AvgIpc) is 2.78. The van der Waals surface area contributed by atoms with E-state index in [1.54, 1.807) is 7.11 Å². The van der Waals surface area contributed by atoms with Crippen molar-refractivity contribution >= 4 is 0 Å². The molecule has 0 aliphatic heterocycles. The van der Waals surface area contributed by atoms with E-state index in [9.17, 15) is 0 Å². The topological polar surface area (TPSA) is 50.8 Å². The molecule has 1 aromatic carbocycles. The second-order valence-electron chi connectivity index (χ2n) is 3.58. The lowest BCUT2D eigenvalue weighted by Crippen LogP contribution is -1.91. The second-order valence-corrected chi connectivity index (χ2v) is 3.58. The van der Waals surface area contributed by atoms with E-state index in [0.29, 0.717) is 0 Å². The van der Waals surface area contributed by atoms with Gasteiger partial charge in [0.1, 0.15) is 17.4 Å². The predicted molar refractivity (Wildman–Crippen MR) is 61.6 cm³/mol. The van der Waals surface area contributed by atoms with E-state index in [1.807, 2.05) is 31.2 Å². The van der Waals surface area contributed by atoms with Crippen LogP contribution in [0.2, 0.25) is 0 Å². The van der Waals surface area contributed by atoms with Crippen molar-refractivity contribution in [1.29, 1.82) is 0 Å². The van der Waals surface area contributed by atoms with E-state index in [4.69, 9.17) is 4.74 Å². The predicted octanol–water partition coefficient (Wildman–Crippen LogP) is 1.97. The van der Waals surface area contributed by atoms with Crippen LogP contribution in [-0.2, 0) is 12.8 Å².